The Labute approximate surface area is 309 Å². The Kier molecular flexibility index (Phi) is 11.3. The normalized spacial score (nSPS) is 14.0. The topological polar surface area (TPSA) is 172 Å². The van der Waals surface area contributed by atoms with Gasteiger partial charge < -0.3 is 34.1 Å². The predicted molar refractivity (Wildman–Crippen MR) is 191 cm³/mol. The van der Waals surface area contributed by atoms with E-state index in [0.29, 0.717) is 33.4 Å². The standard InChI is InChI=1S/C16H12ClF2N5O2.C16H14F2N6O2.C2H6/c17-13-12-15(22-8-21-13)26-4-3-24(16(12)25)10-5-9-1-2-23(7-11(18)19)14(9)20-6-10;17-11(18)7-23-2-1-9-5-10(6-20-14(9)23)24-3-4-26-15-12(16(24)25)13(19)21-8-22-15;1-2/h1-2,5-6,8,11H,3-4,7H2;1-2,5-6,8,11H,3-4,7H2,(H2,19,21,22);1-2H3. The molecule has 8 heterocycles. The molecule has 0 spiro atoms. The Morgan fingerprint density at radius 2 is 1.19 bits per heavy atom. The summed E-state index contributed by atoms with van der Waals surface area (Å²) in [7, 11) is 0. The van der Waals surface area contributed by atoms with Gasteiger partial charge in [0, 0.05) is 23.2 Å². The molecule has 2 N–H and O–H groups in total. The number of pyridine rings is 2. The molecule has 0 saturated heterocycles. The summed E-state index contributed by atoms with van der Waals surface area (Å²) in [5, 5.41) is 1.30. The molecule has 0 aliphatic carbocycles. The Balaban J connectivity index is 0.000000176. The van der Waals surface area contributed by atoms with Crippen molar-refractivity contribution in [3.8, 4) is 11.8 Å². The molecule has 8 rings (SSSR count). The fourth-order valence-corrected chi connectivity index (χ4v) is 5.99. The van der Waals surface area contributed by atoms with Gasteiger partial charge in [0.2, 0.25) is 11.8 Å². The summed E-state index contributed by atoms with van der Waals surface area (Å²) < 4.78 is 64.2. The largest absolute Gasteiger partial charge is 0.475 e. The maximum atomic E-state index is 12.9. The van der Waals surface area contributed by atoms with Crippen molar-refractivity contribution in [1.29, 1.82) is 0 Å². The first-order chi connectivity index (χ1) is 26.1. The molecule has 6 aromatic rings. The number of nitrogens with zero attached hydrogens (tertiary/aromatic N) is 10. The Hall–Kier alpha value is -6.11. The van der Waals surface area contributed by atoms with E-state index in [0.717, 1.165) is 0 Å². The second-order valence-corrected chi connectivity index (χ2v) is 11.7. The highest BCUT2D eigenvalue weighted by Gasteiger charge is 2.31. The molecule has 2 aliphatic heterocycles. The van der Waals surface area contributed by atoms with Gasteiger partial charge in [-0.1, -0.05) is 25.4 Å². The highest BCUT2D eigenvalue weighted by Crippen LogP contribution is 2.31. The van der Waals surface area contributed by atoms with Crippen LogP contribution in [0.1, 0.15) is 34.6 Å². The molecular weight excluding hydrogens is 738 g/mol. The van der Waals surface area contributed by atoms with Crippen molar-refractivity contribution in [2.75, 3.05) is 41.8 Å². The molecule has 0 aromatic carbocycles. The van der Waals surface area contributed by atoms with Crippen LogP contribution >= 0.6 is 11.6 Å². The zero-order valence-corrected chi connectivity index (χ0v) is 29.5. The van der Waals surface area contributed by atoms with Gasteiger partial charge in [0.1, 0.15) is 59.3 Å². The number of nitrogens with two attached hydrogens (primary N) is 1. The molecule has 15 nitrogen and oxygen atoms in total. The van der Waals surface area contributed by atoms with Crippen LogP contribution in [0.4, 0.5) is 34.8 Å². The van der Waals surface area contributed by atoms with Gasteiger partial charge in [-0.15, -0.1) is 0 Å². The summed E-state index contributed by atoms with van der Waals surface area (Å²) in [6, 6.07) is 6.79. The lowest BCUT2D eigenvalue weighted by molar-refractivity contribution is 0.0981. The third-order valence-electron chi connectivity index (χ3n) is 8.10. The van der Waals surface area contributed by atoms with E-state index in [-0.39, 0.29) is 60.2 Å². The number of nitrogen functional groups attached to an aromatic ring is 1. The van der Waals surface area contributed by atoms with Crippen molar-refractivity contribution < 1.29 is 36.6 Å². The number of alkyl halides is 4. The third-order valence-corrected chi connectivity index (χ3v) is 8.39. The number of carbonyl (C=O) groups excluding carboxylic acids is 2. The summed E-state index contributed by atoms with van der Waals surface area (Å²) >= 11 is 6.04. The second kappa shape index (κ2) is 16.3. The fourth-order valence-electron chi connectivity index (χ4n) is 5.78. The van der Waals surface area contributed by atoms with Crippen LogP contribution < -0.4 is 25.0 Å². The summed E-state index contributed by atoms with van der Waals surface area (Å²) in [6.07, 6.45) is 3.52. The number of halogens is 5. The van der Waals surface area contributed by atoms with E-state index in [4.69, 9.17) is 26.8 Å². The van der Waals surface area contributed by atoms with E-state index in [1.54, 1.807) is 36.7 Å². The van der Waals surface area contributed by atoms with E-state index in [1.165, 1.54) is 44.0 Å². The first-order valence-corrected chi connectivity index (χ1v) is 16.9. The Morgan fingerprint density at radius 3 is 1.69 bits per heavy atom. The maximum Gasteiger partial charge on any atom is 0.267 e. The van der Waals surface area contributed by atoms with Gasteiger partial charge in [0.25, 0.3) is 24.7 Å². The second-order valence-electron chi connectivity index (χ2n) is 11.3. The number of hydrogen-bond donors (Lipinski definition) is 1. The van der Waals surface area contributed by atoms with Crippen LogP contribution in [0.3, 0.4) is 0 Å². The van der Waals surface area contributed by atoms with Gasteiger partial charge in [-0.2, -0.15) is 0 Å². The van der Waals surface area contributed by atoms with Gasteiger partial charge in [0.15, 0.2) is 0 Å². The number of carbonyl (C=O) groups is 2. The number of amides is 2. The average molecular weight is 770 g/mol. The van der Waals surface area contributed by atoms with E-state index in [9.17, 15) is 27.2 Å². The molecule has 0 unspecified atom stereocenters. The molecule has 2 aliphatic rings. The van der Waals surface area contributed by atoms with Crippen molar-refractivity contribution in [2.45, 2.75) is 39.8 Å². The summed E-state index contributed by atoms with van der Waals surface area (Å²) in [6.45, 7) is 4.09. The smallest absolute Gasteiger partial charge is 0.267 e. The van der Waals surface area contributed by atoms with Crippen LogP contribution in [-0.2, 0) is 13.1 Å². The molecule has 6 aromatic heterocycles. The molecular formula is C34H32ClF4N11O4. The monoisotopic (exact) mass is 769 g/mol. The van der Waals surface area contributed by atoms with E-state index in [2.05, 4.69) is 29.9 Å². The first kappa shape index (κ1) is 37.6. The first-order valence-electron chi connectivity index (χ1n) is 16.6. The number of hydrogen-bond acceptors (Lipinski definition) is 11. The van der Waals surface area contributed by atoms with Crippen LogP contribution in [0, 0.1) is 0 Å². The summed E-state index contributed by atoms with van der Waals surface area (Å²) in [4.78, 5) is 52.8. The predicted octanol–water partition coefficient (Wildman–Crippen LogP) is 5.52. The lowest BCUT2D eigenvalue weighted by Crippen LogP contribution is -2.32. The Morgan fingerprint density at radius 1 is 0.722 bits per heavy atom. The van der Waals surface area contributed by atoms with Crippen LogP contribution in [0.2, 0.25) is 5.15 Å². The average Bonchev–Trinajstić information content (AvgIpc) is 3.63. The van der Waals surface area contributed by atoms with Gasteiger partial charge in [0.05, 0.1) is 49.9 Å². The maximum absolute atomic E-state index is 12.9. The summed E-state index contributed by atoms with van der Waals surface area (Å²) in [5.41, 5.74) is 7.87. The molecule has 0 fully saturated rings. The van der Waals surface area contributed by atoms with E-state index in [1.807, 2.05) is 13.8 Å². The Bertz CT molecular complexity index is 2150. The van der Waals surface area contributed by atoms with Gasteiger partial charge in [-0.05, 0) is 24.3 Å². The van der Waals surface area contributed by atoms with Crippen LogP contribution in [0.15, 0.2) is 61.7 Å². The van der Waals surface area contributed by atoms with E-state index >= 15 is 0 Å². The van der Waals surface area contributed by atoms with Crippen molar-refractivity contribution in [2.24, 2.45) is 0 Å². The summed E-state index contributed by atoms with van der Waals surface area (Å²) in [5.74, 6) is -0.499. The third kappa shape index (κ3) is 7.66. The lowest BCUT2D eigenvalue weighted by Gasteiger charge is -2.20. The molecule has 0 bridgehead atoms. The number of fused-ring (bicyclic) bond motifs is 4. The van der Waals surface area contributed by atoms with Crippen molar-refractivity contribution >= 4 is 62.7 Å². The van der Waals surface area contributed by atoms with Crippen LogP contribution in [0.5, 0.6) is 11.8 Å². The SMILES string of the molecule is CC.Nc1ncnc2c1C(=O)N(c1cnc3c(ccn3CC(F)F)c1)CCO2.O=C1c2c(Cl)ncnc2OCCN1c1cnc2c(ccn2CC(F)F)c1. The van der Waals surface area contributed by atoms with Crippen LogP contribution in [-0.4, -0.2) is 90.0 Å². The number of ether oxygens (including phenoxy) is 2. The van der Waals surface area contributed by atoms with Gasteiger partial charge >= 0.3 is 0 Å². The minimum absolute atomic E-state index is 0.00373. The highest BCUT2D eigenvalue weighted by atomic mass is 35.5. The van der Waals surface area contributed by atoms with Crippen molar-refractivity contribution in [3.63, 3.8) is 0 Å². The highest BCUT2D eigenvalue weighted by molar-refractivity contribution is 6.33. The quantitative estimate of drug-likeness (QED) is 0.167. The molecule has 2 amide bonds. The van der Waals surface area contributed by atoms with E-state index < -0.39 is 37.8 Å². The zero-order valence-electron chi connectivity index (χ0n) is 28.7. The van der Waals surface area contributed by atoms with Gasteiger partial charge in [-0.3, -0.25) is 9.59 Å². The van der Waals surface area contributed by atoms with Crippen molar-refractivity contribution in [1.82, 2.24) is 39.0 Å². The minimum Gasteiger partial charge on any atom is -0.475 e. The van der Waals surface area contributed by atoms with Crippen LogP contribution in [0.25, 0.3) is 22.1 Å². The zero-order chi connectivity index (χ0) is 38.5. The molecule has 282 valence electrons. The molecule has 54 heavy (non-hydrogen) atoms. The molecule has 0 atom stereocenters. The number of anilines is 3. The minimum atomic E-state index is -2.48. The molecule has 0 saturated carbocycles. The molecule has 20 heteroatoms. The number of rotatable bonds is 6. The van der Waals surface area contributed by atoms with Gasteiger partial charge in [-0.25, -0.2) is 47.5 Å². The lowest BCUT2D eigenvalue weighted by atomic mass is 10.2. The van der Waals surface area contributed by atoms with Crippen molar-refractivity contribution in [3.05, 3.63) is 78.0 Å². The molecule has 0 radical (unpaired) electrons. The number of aromatic nitrogens is 8. The fraction of sp³-hybridized carbons (Fsp3) is 0.294.